The van der Waals surface area contributed by atoms with Crippen molar-refractivity contribution >= 4 is 17.7 Å². The first-order valence-corrected chi connectivity index (χ1v) is 8.59. The number of hydrogen-bond donors (Lipinski definition) is 0. The molecule has 0 bridgehead atoms. The van der Waals surface area contributed by atoms with Crippen LogP contribution in [-0.2, 0) is 11.3 Å². The van der Waals surface area contributed by atoms with Crippen molar-refractivity contribution in [3.05, 3.63) is 54.7 Å². The highest BCUT2D eigenvalue weighted by atomic mass is 32.2. The summed E-state index contributed by atoms with van der Waals surface area (Å²) in [5.74, 6) is 1.75. The van der Waals surface area contributed by atoms with Gasteiger partial charge in [-0.25, -0.2) is 0 Å². The van der Waals surface area contributed by atoms with Crippen molar-refractivity contribution in [1.82, 2.24) is 19.7 Å². The quantitative estimate of drug-likeness (QED) is 0.605. The highest BCUT2D eigenvalue weighted by Gasteiger charge is 2.14. The molecule has 0 atom stereocenters. The Bertz CT molecular complexity index is 832. The van der Waals surface area contributed by atoms with E-state index < -0.39 is 0 Å². The molecule has 3 aromatic rings. The van der Waals surface area contributed by atoms with Gasteiger partial charge in [0.15, 0.2) is 5.16 Å². The summed E-state index contributed by atoms with van der Waals surface area (Å²) in [5, 5.41) is 8.70. The van der Waals surface area contributed by atoms with Crippen LogP contribution in [-0.4, -0.2) is 45.5 Å². The summed E-state index contributed by atoms with van der Waals surface area (Å²) in [6.07, 6.45) is 3.22. The number of furan rings is 1. The number of carbonyl (C=O) groups excluding carboxylic acids is 1. The van der Waals surface area contributed by atoms with E-state index in [1.807, 2.05) is 34.9 Å². The Morgan fingerprint density at radius 2 is 2.24 bits per heavy atom. The number of aromatic nitrogens is 3. The van der Waals surface area contributed by atoms with E-state index in [4.69, 9.17) is 9.15 Å². The van der Waals surface area contributed by atoms with Crippen molar-refractivity contribution < 1.29 is 13.9 Å². The number of hydrogen-bond acceptors (Lipinski definition) is 6. The largest absolute Gasteiger partial charge is 0.497 e. The normalized spacial score (nSPS) is 10.6. The van der Waals surface area contributed by atoms with Gasteiger partial charge < -0.3 is 14.1 Å². The Labute approximate surface area is 149 Å². The molecular weight excluding hydrogens is 340 g/mol. The lowest BCUT2D eigenvalue weighted by molar-refractivity contribution is -0.127. The van der Waals surface area contributed by atoms with Gasteiger partial charge in [0.2, 0.25) is 5.91 Å². The number of benzene rings is 1. The summed E-state index contributed by atoms with van der Waals surface area (Å²) < 4.78 is 12.3. The van der Waals surface area contributed by atoms with Crippen molar-refractivity contribution in [3.8, 4) is 11.4 Å². The highest BCUT2D eigenvalue weighted by Crippen LogP contribution is 2.22. The maximum atomic E-state index is 12.3. The second-order valence-electron chi connectivity index (χ2n) is 5.30. The average molecular weight is 358 g/mol. The van der Waals surface area contributed by atoms with Gasteiger partial charge in [-0.05, 0) is 24.3 Å². The highest BCUT2D eigenvalue weighted by molar-refractivity contribution is 7.99. The van der Waals surface area contributed by atoms with Crippen molar-refractivity contribution in [2.75, 3.05) is 19.9 Å². The van der Waals surface area contributed by atoms with Crippen LogP contribution in [0.3, 0.4) is 0 Å². The van der Waals surface area contributed by atoms with Gasteiger partial charge in [0.25, 0.3) is 0 Å². The predicted octanol–water partition coefficient (Wildman–Crippen LogP) is 2.62. The first kappa shape index (κ1) is 17.1. The fraction of sp³-hybridized carbons (Fsp3) is 0.235. The number of carbonyl (C=O) groups is 1. The molecule has 0 saturated heterocycles. The van der Waals surface area contributed by atoms with E-state index in [0.717, 1.165) is 17.2 Å². The monoisotopic (exact) mass is 358 g/mol. The van der Waals surface area contributed by atoms with Crippen molar-refractivity contribution in [2.24, 2.45) is 0 Å². The molecule has 0 aliphatic rings. The fourth-order valence-electron chi connectivity index (χ4n) is 2.22. The van der Waals surface area contributed by atoms with Crippen molar-refractivity contribution in [1.29, 1.82) is 0 Å². The second-order valence-corrected chi connectivity index (χ2v) is 6.25. The summed E-state index contributed by atoms with van der Waals surface area (Å²) >= 11 is 1.34. The number of thioether (sulfide) groups is 1. The molecule has 25 heavy (non-hydrogen) atoms. The Morgan fingerprint density at radius 1 is 1.36 bits per heavy atom. The molecule has 3 rings (SSSR count). The molecule has 130 valence electrons. The molecule has 8 heteroatoms. The minimum absolute atomic E-state index is 0.0124. The molecule has 0 saturated carbocycles. The Kier molecular flexibility index (Phi) is 5.39. The number of methoxy groups -OCH3 is 1. The van der Waals surface area contributed by atoms with Crippen LogP contribution in [0.25, 0.3) is 5.69 Å². The molecule has 0 fully saturated rings. The van der Waals surface area contributed by atoms with Crippen LogP contribution in [0.15, 0.2) is 58.6 Å². The summed E-state index contributed by atoms with van der Waals surface area (Å²) in [4.78, 5) is 13.9. The Balaban J connectivity index is 1.64. The smallest absolute Gasteiger partial charge is 0.233 e. The maximum absolute atomic E-state index is 12.3. The van der Waals surface area contributed by atoms with Gasteiger partial charge >= 0.3 is 0 Å². The summed E-state index contributed by atoms with van der Waals surface area (Å²) in [7, 11) is 3.37. The molecule has 2 aromatic heterocycles. The zero-order valence-electron chi connectivity index (χ0n) is 14.0. The lowest BCUT2D eigenvalue weighted by Gasteiger charge is -2.15. The van der Waals surface area contributed by atoms with E-state index in [1.54, 1.807) is 37.7 Å². The van der Waals surface area contributed by atoms with Crippen LogP contribution >= 0.6 is 11.8 Å². The number of ether oxygens (including phenoxy) is 1. The van der Waals surface area contributed by atoms with E-state index in [2.05, 4.69) is 10.2 Å². The lowest BCUT2D eigenvalue weighted by atomic mass is 10.3. The van der Waals surface area contributed by atoms with Crippen molar-refractivity contribution in [2.45, 2.75) is 11.7 Å². The lowest BCUT2D eigenvalue weighted by Crippen LogP contribution is -2.27. The van der Waals surface area contributed by atoms with Crippen LogP contribution in [0.5, 0.6) is 5.75 Å². The van der Waals surface area contributed by atoms with Crippen molar-refractivity contribution in [3.63, 3.8) is 0 Å². The minimum atomic E-state index is -0.0124. The molecule has 0 spiro atoms. The third-order valence-corrected chi connectivity index (χ3v) is 4.50. The van der Waals surface area contributed by atoms with E-state index in [1.165, 1.54) is 11.8 Å². The zero-order chi connectivity index (χ0) is 17.6. The fourth-order valence-corrected chi connectivity index (χ4v) is 3.09. The molecule has 1 aromatic carbocycles. The summed E-state index contributed by atoms with van der Waals surface area (Å²) in [6.45, 7) is 0.439. The van der Waals surface area contributed by atoms with Crippen LogP contribution < -0.4 is 4.74 Å². The molecule has 0 aliphatic heterocycles. The van der Waals surface area contributed by atoms with Gasteiger partial charge in [0.05, 0.1) is 31.4 Å². The maximum Gasteiger partial charge on any atom is 0.233 e. The molecule has 7 nitrogen and oxygen atoms in total. The van der Waals surface area contributed by atoms with Gasteiger partial charge in [-0.3, -0.25) is 9.36 Å². The number of amides is 1. The Hall–Kier alpha value is -2.74. The van der Waals surface area contributed by atoms with Crippen LogP contribution in [0, 0.1) is 0 Å². The van der Waals surface area contributed by atoms with Gasteiger partial charge in [-0.1, -0.05) is 17.8 Å². The summed E-state index contributed by atoms with van der Waals surface area (Å²) in [6, 6.07) is 11.2. The van der Waals surface area contributed by atoms with Crippen LogP contribution in [0.2, 0.25) is 0 Å². The standard InChI is InChI=1S/C17H18N4O3S/c1-20(10-15-7-4-8-24-15)16(22)11-25-17-19-18-12-21(17)13-5-3-6-14(9-13)23-2/h3-9,12H,10-11H2,1-2H3. The topological polar surface area (TPSA) is 73.4 Å². The molecule has 0 radical (unpaired) electrons. The second kappa shape index (κ2) is 7.89. The molecular formula is C17H18N4O3S. The number of rotatable bonds is 7. The molecule has 0 unspecified atom stereocenters. The third kappa shape index (κ3) is 4.21. The van der Waals surface area contributed by atoms with E-state index in [0.29, 0.717) is 11.7 Å². The van der Waals surface area contributed by atoms with E-state index >= 15 is 0 Å². The SMILES string of the molecule is COc1cccc(-n2cnnc2SCC(=O)N(C)Cc2ccco2)c1. The van der Waals surface area contributed by atoms with Crippen LogP contribution in [0.4, 0.5) is 0 Å². The van der Waals surface area contributed by atoms with E-state index in [-0.39, 0.29) is 11.7 Å². The number of nitrogens with zero attached hydrogens (tertiary/aromatic N) is 4. The Morgan fingerprint density at radius 3 is 3.00 bits per heavy atom. The molecule has 0 N–H and O–H groups in total. The molecule has 0 aliphatic carbocycles. The van der Waals surface area contributed by atoms with Gasteiger partial charge in [-0.15, -0.1) is 10.2 Å². The van der Waals surface area contributed by atoms with Gasteiger partial charge in [-0.2, -0.15) is 0 Å². The third-order valence-electron chi connectivity index (χ3n) is 3.57. The van der Waals surface area contributed by atoms with Crippen LogP contribution in [0.1, 0.15) is 5.76 Å². The predicted molar refractivity (Wildman–Crippen MR) is 93.8 cm³/mol. The first-order valence-electron chi connectivity index (χ1n) is 7.61. The van der Waals surface area contributed by atoms with Gasteiger partial charge in [0, 0.05) is 13.1 Å². The first-order chi connectivity index (χ1) is 12.2. The van der Waals surface area contributed by atoms with E-state index in [9.17, 15) is 4.79 Å². The zero-order valence-corrected chi connectivity index (χ0v) is 14.8. The summed E-state index contributed by atoms with van der Waals surface area (Å²) in [5.41, 5.74) is 0.878. The minimum Gasteiger partial charge on any atom is -0.497 e. The average Bonchev–Trinajstić information content (AvgIpc) is 3.31. The molecule has 1 amide bonds. The van der Waals surface area contributed by atoms with Gasteiger partial charge in [0.1, 0.15) is 17.8 Å². The molecule has 2 heterocycles.